The van der Waals surface area contributed by atoms with E-state index in [1.165, 1.54) is 5.69 Å². The number of aryl methyl sites for hydroxylation is 1. The lowest BCUT2D eigenvalue weighted by Gasteiger charge is -2.23. The van der Waals surface area contributed by atoms with Crippen LogP contribution in [-0.4, -0.2) is 36.1 Å². The van der Waals surface area contributed by atoms with Gasteiger partial charge in [-0.05, 0) is 25.1 Å². The first-order valence-electron chi connectivity index (χ1n) is 7.88. The van der Waals surface area contributed by atoms with Gasteiger partial charge in [0.05, 0.1) is 13.2 Å². The molecule has 0 aliphatic carbocycles. The number of rotatable bonds is 6. The molecule has 0 spiro atoms. The highest BCUT2D eigenvalue weighted by molar-refractivity contribution is 14.0. The highest BCUT2D eigenvalue weighted by Gasteiger charge is 2.09. The fourth-order valence-corrected chi connectivity index (χ4v) is 2.48. The van der Waals surface area contributed by atoms with Gasteiger partial charge in [0, 0.05) is 45.1 Å². The maximum Gasteiger partial charge on any atom is 0.194 e. The second-order valence-electron chi connectivity index (χ2n) is 5.41. The minimum Gasteiger partial charge on any atom is -0.494 e. The Morgan fingerprint density at radius 1 is 1.25 bits per heavy atom. The van der Waals surface area contributed by atoms with Crippen LogP contribution in [-0.2, 0) is 20.1 Å². The molecule has 0 fully saturated rings. The molecule has 0 aliphatic heterocycles. The van der Waals surface area contributed by atoms with E-state index in [2.05, 4.69) is 51.2 Å². The molecule has 0 aliphatic rings. The van der Waals surface area contributed by atoms with Gasteiger partial charge in [0.25, 0.3) is 0 Å². The molecule has 6 heteroatoms. The topological polar surface area (TPSA) is 41.8 Å². The van der Waals surface area contributed by atoms with Crippen molar-refractivity contribution in [2.24, 2.45) is 12.0 Å². The summed E-state index contributed by atoms with van der Waals surface area (Å²) in [6.45, 7) is 4.15. The number of hydrogen-bond donors (Lipinski definition) is 1. The van der Waals surface area contributed by atoms with Gasteiger partial charge >= 0.3 is 0 Å². The quantitative estimate of drug-likeness (QED) is 0.425. The van der Waals surface area contributed by atoms with Gasteiger partial charge in [-0.1, -0.05) is 18.2 Å². The average Bonchev–Trinajstić information content (AvgIpc) is 2.95. The van der Waals surface area contributed by atoms with Gasteiger partial charge in [0.1, 0.15) is 5.75 Å². The van der Waals surface area contributed by atoms with E-state index in [0.29, 0.717) is 13.2 Å². The van der Waals surface area contributed by atoms with E-state index in [1.54, 1.807) is 7.05 Å². The first-order valence-corrected chi connectivity index (χ1v) is 7.88. The van der Waals surface area contributed by atoms with E-state index in [1.807, 2.05) is 32.2 Å². The number of aromatic nitrogens is 1. The first-order chi connectivity index (χ1) is 11.2. The van der Waals surface area contributed by atoms with Crippen LogP contribution >= 0.6 is 24.0 Å². The zero-order valence-corrected chi connectivity index (χ0v) is 17.2. The Hall–Kier alpha value is -1.70. The number of nitrogens with one attached hydrogen (secondary N) is 1. The van der Waals surface area contributed by atoms with E-state index in [0.717, 1.165) is 23.8 Å². The molecule has 0 bridgehead atoms. The maximum absolute atomic E-state index is 5.67. The normalized spacial score (nSPS) is 10.9. The largest absolute Gasteiger partial charge is 0.494 e. The Morgan fingerprint density at radius 2 is 2.00 bits per heavy atom. The van der Waals surface area contributed by atoms with Crippen LogP contribution in [0.3, 0.4) is 0 Å². The molecule has 0 radical (unpaired) electrons. The molecule has 1 aromatic heterocycles. The van der Waals surface area contributed by atoms with Crippen molar-refractivity contribution >= 4 is 29.9 Å². The predicted molar refractivity (Wildman–Crippen MR) is 110 cm³/mol. The van der Waals surface area contributed by atoms with Crippen LogP contribution in [0.25, 0.3) is 0 Å². The van der Waals surface area contributed by atoms with E-state index >= 15 is 0 Å². The van der Waals surface area contributed by atoms with Crippen molar-refractivity contribution in [1.29, 1.82) is 0 Å². The van der Waals surface area contributed by atoms with E-state index in [9.17, 15) is 0 Å². The standard InChI is InChI=1S/C18H26N4O.HI/c1-5-23-17-11-7-6-9-15(17)13-20-18(19-2)22(4)14-16-10-8-12-21(16)3;/h6-12H,5,13-14H2,1-4H3,(H,19,20);1H. The minimum atomic E-state index is 0. The average molecular weight is 442 g/mol. The number of aliphatic imine (C=N–C) groups is 1. The molecule has 1 aromatic carbocycles. The molecule has 24 heavy (non-hydrogen) atoms. The summed E-state index contributed by atoms with van der Waals surface area (Å²) < 4.78 is 7.79. The highest BCUT2D eigenvalue weighted by Crippen LogP contribution is 2.17. The third-order valence-electron chi connectivity index (χ3n) is 3.73. The third kappa shape index (κ3) is 5.43. The zero-order chi connectivity index (χ0) is 16.7. The maximum atomic E-state index is 5.67. The second kappa shape index (κ2) is 10.2. The monoisotopic (exact) mass is 442 g/mol. The molecule has 0 saturated heterocycles. The van der Waals surface area contributed by atoms with Crippen LogP contribution in [0.4, 0.5) is 0 Å². The zero-order valence-electron chi connectivity index (χ0n) is 14.8. The Balaban J connectivity index is 0.00000288. The summed E-state index contributed by atoms with van der Waals surface area (Å²) in [7, 11) is 5.90. The SMILES string of the molecule is CCOc1ccccc1CNC(=NC)N(C)Cc1cccn1C.I. The van der Waals surface area contributed by atoms with Crippen molar-refractivity contribution in [1.82, 2.24) is 14.8 Å². The Morgan fingerprint density at radius 3 is 2.62 bits per heavy atom. The van der Waals surface area contributed by atoms with Gasteiger partial charge in [-0.15, -0.1) is 24.0 Å². The molecule has 0 amide bonds. The molecular formula is C18H27IN4O. The van der Waals surface area contributed by atoms with Crippen LogP contribution in [0.2, 0.25) is 0 Å². The third-order valence-corrected chi connectivity index (χ3v) is 3.73. The Kier molecular flexibility index (Phi) is 8.67. The number of ether oxygens (including phenoxy) is 1. The molecule has 0 unspecified atom stereocenters. The molecule has 2 rings (SSSR count). The second-order valence-corrected chi connectivity index (χ2v) is 5.41. The number of hydrogen-bond acceptors (Lipinski definition) is 2. The van der Waals surface area contributed by atoms with Crippen LogP contribution in [0.5, 0.6) is 5.75 Å². The van der Waals surface area contributed by atoms with Crippen molar-refractivity contribution < 1.29 is 4.74 Å². The summed E-state index contributed by atoms with van der Waals surface area (Å²) in [4.78, 5) is 6.48. The summed E-state index contributed by atoms with van der Waals surface area (Å²) in [5.74, 6) is 1.78. The molecule has 5 nitrogen and oxygen atoms in total. The van der Waals surface area contributed by atoms with Crippen molar-refractivity contribution in [2.45, 2.75) is 20.0 Å². The van der Waals surface area contributed by atoms with Crippen LogP contribution in [0, 0.1) is 0 Å². The van der Waals surface area contributed by atoms with Gasteiger partial charge in [-0.25, -0.2) is 0 Å². The number of para-hydroxylation sites is 1. The predicted octanol–water partition coefficient (Wildman–Crippen LogP) is 3.25. The molecule has 132 valence electrons. The van der Waals surface area contributed by atoms with E-state index < -0.39 is 0 Å². The van der Waals surface area contributed by atoms with E-state index in [4.69, 9.17) is 4.74 Å². The highest BCUT2D eigenvalue weighted by atomic mass is 127. The Labute approximate surface area is 161 Å². The van der Waals surface area contributed by atoms with E-state index in [-0.39, 0.29) is 24.0 Å². The van der Waals surface area contributed by atoms with Gasteiger partial charge in [0.15, 0.2) is 5.96 Å². The summed E-state index contributed by atoms with van der Waals surface area (Å²) in [5, 5.41) is 3.40. The lowest BCUT2D eigenvalue weighted by atomic mass is 10.2. The Bertz CT molecular complexity index is 654. The number of guanidine groups is 1. The minimum absolute atomic E-state index is 0. The molecule has 2 aromatic rings. The summed E-state index contributed by atoms with van der Waals surface area (Å²) in [6.07, 6.45) is 2.05. The lowest BCUT2D eigenvalue weighted by molar-refractivity contribution is 0.336. The summed E-state index contributed by atoms with van der Waals surface area (Å²) in [6, 6.07) is 12.3. The van der Waals surface area contributed by atoms with Crippen molar-refractivity contribution in [3.05, 3.63) is 53.9 Å². The van der Waals surface area contributed by atoms with Crippen molar-refractivity contribution in [3.63, 3.8) is 0 Å². The fraction of sp³-hybridized carbons (Fsp3) is 0.389. The number of nitrogens with zero attached hydrogens (tertiary/aromatic N) is 3. The van der Waals surface area contributed by atoms with Crippen molar-refractivity contribution in [3.8, 4) is 5.75 Å². The van der Waals surface area contributed by atoms with Crippen molar-refractivity contribution in [2.75, 3.05) is 20.7 Å². The number of halogens is 1. The molecule has 1 heterocycles. The molecule has 0 saturated carbocycles. The number of benzene rings is 1. The van der Waals surface area contributed by atoms with Crippen LogP contribution < -0.4 is 10.1 Å². The summed E-state index contributed by atoms with van der Waals surface area (Å²) in [5.41, 5.74) is 2.37. The van der Waals surface area contributed by atoms with Gasteiger partial charge in [-0.3, -0.25) is 4.99 Å². The lowest BCUT2D eigenvalue weighted by Crippen LogP contribution is -2.38. The van der Waals surface area contributed by atoms with Gasteiger partial charge in [0.2, 0.25) is 0 Å². The molecule has 1 N–H and O–H groups in total. The van der Waals surface area contributed by atoms with Gasteiger partial charge < -0.3 is 19.5 Å². The molecular weight excluding hydrogens is 415 g/mol. The van der Waals surface area contributed by atoms with Crippen LogP contribution in [0.1, 0.15) is 18.2 Å². The fourth-order valence-electron chi connectivity index (χ4n) is 2.48. The smallest absolute Gasteiger partial charge is 0.194 e. The first kappa shape index (κ1) is 20.3. The van der Waals surface area contributed by atoms with Crippen LogP contribution in [0.15, 0.2) is 47.6 Å². The summed E-state index contributed by atoms with van der Waals surface area (Å²) >= 11 is 0. The molecule has 0 atom stereocenters. The van der Waals surface area contributed by atoms with Gasteiger partial charge in [-0.2, -0.15) is 0 Å².